The Labute approximate surface area is 489 Å². The molecule has 0 atom stereocenters. The first-order valence-corrected chi connectivity index (χ1v) is 36.2. The van der Waals surface area contributed by atoms with Crippen LogP contribution in [0.2, 0.25) is 0 Å². The van der Waals surface area contributed by atoms with E-state index in [0.717, 1.165) is 44.3 Å². The zero-order chi connectivity index (χ0) is 62.2. The Bertz CT molecular complexity index is 2630. The summed E-state index contributed by atoms with van der Waals surface area (Å²) in [6.07, 6.45) is 0. The Morgan fingerprint density at radius 3 is 0.412 bits per heavy atom. The molecule has 24 nitrogen and oxygen atoms in total. The molecule has 0 bridgehead atoms. The van der Waals surface area contributed by atoms with Gasteiger partial charge in [-0.15, -0.1) is 0 Å². The van der Waals surface area contributed by atoms with E-state index in [-0.39, 0.29) is 0 Å². The summed E-state index contributed by atoms with van der Waals surface area (Å²) in [5, 5.41) is 3.40. The van der Waals surface area contributed by atoms with E-state index in [4.69, 9.17) is 28.5 Å². The maximum Gasteiger partial charge on any atom is 0.171 e. The van der Waals surface area contributed by atoms with Crippen molar-refractivity contribution in [1.82, 2.24) is 84.1 Å². The van der Waals surface area contributed by atoms with Crippen LogP contribution in [0.1, 0.15) is 0 Å². The van der Waals surface area contributed by atoms with Crippen LogP contribution in [0.5, 0.6) is 0 Å². The van der Waals surface area contributed by atoms with Crippen molar-refractivity contribution in [1.29, 1.82) is 0 Å². The molecule has 0 N–H and O–H groups in total. The van der Waals surface area contributed by atoms with Gasteiger partial charge in [0, 0.05) is 21.5 Å². The summed E-state index contributed by atoms with van der Waals surface area (Å²) >= 11 is 0. The van der Waals surface area contributed by atoms with Crippen LogP contribution in [0.25, 0.3) is 21.5 Å². The molecule has 3 aromatic rings. The Balaban J connectivity index is 3.89. The topological polar surface area (TPSA) is 132 Å². The number of hydrogen-bond acceptors (Lipinski definition) is 6. The molecule has 0 aromatic heterocycles. The highest BCUT2D eigenvalue weighted by atomic mass is 31.2. The van der Waals surface area contributed by atoms with Crippen molar-refractivity contribution in [2.24, 2.45) is 28.5 Å². The van der Waals surface area contributed by atoms with Crippen LogP contribution in [-0.4, -0.2) is 338 Å². The first-order chi connectivity index (χ1) is 36.5. The van der Waals surface area contributed by atoms with Gasteiger partial charge in [0.05, 0.1) is 22.7 Å². The predicted molar refractivity (Wildman–Crippen MR) is 362 cm³/mol. The van der Waals surface area contributed by atoms with E-state index in [0.29, 0.717) is 11.4 Å². The molecule has 30 heteroatoms. The van der Waals surface area contributed by atoms with Crippen molar-refractivity contribution in [3.8, 4) is 0 Å². The Morgan fingerprint density at radius 1 is 0.175 bits per heavy atom. The molecule has 80 heavy (non-hydrogen) atoms. The van der Waals surface area contributed by atoms with Gasteiger partial charge in [0.15, 0.2) is 45.0 Å². The lowest BCUT2D eigenvalue weighted by Crippen LogP contribution is -2.31. The second-order valence-electron chi connectivity index (χ2n) is 23.5. The molecular formula is C50H112N24P6. The molecule has 0 spiro atoms. The van der Waals surface area contributed by atoms with Crippen LogP contribution in [0.4, 0.5) is 34.1 Å². The van der Waals surface area contributed by atoms with E-state index in [2.05, 4.69) is 362 Å². The van der Waals surface area contributed by atoms with Crippen molar-refractivity contribution in [3.05, 3.63) is 24.3 Å². The minimum Gasteiger partial charge on any atom is -0.252 e. The van der Waals surface area contributed by atoms with Crippen LogP contribution in [0.3, 0.4) is 0 Å². The molecule has 0 heterocycles. The van der Waals surface area contributed by atoms with E-state index >= 15 is 0 Å². The fourth-order valence-corrected chi connectivity index (χ4v) is 30.7. The number of benzene rings is 3. The molecule has 0 aliphatic rings. The normalized spacial score (nSPS) is 14.3. The minimum absolute atomic E-state index is 0.700. The third-order valence-electron chi connectivity index (χ3n) is 14.4. The lowest BCUT2D eigenvalue weighted by Gasteiger charge is -2.43. The summed E-state index contributed by atoms with van der Waals surface area (Å²) in [4.78, 5) is 0. The van der Waals surface area contributed by atoms with E-state index in [9.17, 15) is 0 Å². The fraction of sp³-hybridized carbons (Fsp3) is 0.720. The fourth-order valence-electron chi connectivity index (χ4n) is 11.8. The standard InChI is InChI=1S/C50H112N24P6/c1-57(2)75(58(3)4,59(5)6)51-41-37-39-43(53-77(63(13)14,64(15)16)65(17)18)47-45(41)46-42(52-76(60(7)8,61(9)10)62(11)12)38-40-44(54-78(66(19)20,67(21)22)68(23)24)48(46)50(56-80(72(31)32,73(33)34)74(35)36)49(47)55-79(69(25)26,70(27)28)71(29)30/h37-40H,1-36H3. The monoisotopic (exact) mass is 1230 g/mol. The largest absolute Gasteiger partial charge is 0.252 e. The van der Waals surface area contributed by atoms with Crippen molar-refractivity contribution in [2.75, 3.05) is 254 Å². The zero-order valence-electron chi connectivity index (χ0n) is 56.7. The zero-order valence-corrected chi connectivity index (χ0v) is 62.1. The number of rotatable bonds is 24. The maximum absolute atomic E-state index is 6.42. The van der Waals surface area contributed by atoms with Gasteiger partial charge < -0.3 is 0 Å². The summed E-state index contributed by atoms with van der Waals surface area (Å²) in [7, 11) is 60.4. The highest BCUT2D eigenvalue weighted by Crippen LogP contribution is 2.70. The molecule has 0 radical (unpaired) electrons. The second-order valence-corrected chi connectivity index (χ2v) is 45.5. The van der Waals surface area contributed by atoms with Gasteiger partial charge in [-0.1, -0.05) is 0 Å². The predicted octanol–water partition coefficient (Wildman–Crippen LogP) is 11.6. The summed E-state index contributed by atoms with van der Waals surface area (Å²) in [5.41, 5.74) is 4.49. The smallest absolute Gasteiger partial charge is 0.171 e. The van der Waals surface area contributed by atoms with E-state index in [1.54, 1.807) is 0 Å². The Morgan fingerprint density at radius 2 is 0.287 bits per heavy atom. The van der Waals surface area contributed by atoms with Gasteiger partial charge in [-0.2, -0.15) is 0 Å². The van der Waals surface area contributed by atoms with Gasteiger partial charge >= 0.3 is 0 Å². The van der Waals surface area contributed by atoms with Gasteiger partial charge in [-0.25, -0.2) is 28.5 Å². The lowest BCUT2D eigenvalue weighted by molar-refractivity contribution is 0.473. The van der Waals surface area contributed by atoms with E-state index in [1.165, 1.54) is 0 Å². The van der Waals surface area contributed by atoms with Crippen molar-refractivity contribution >= 4 is 101 Å². The summed E-state index contributed by atoms with van der Waals surface area (Å²) in [6.45, 7) is 0. The van der Waals surface area contributed by atoms with E-state index in [1.807, 2.05) is 0 Å². The summed E-state index contributed by atoms with van der Waals surface area (Å²) in [6, 6.07) is 8.77. The van der Waals surface area contributed by atoms with Gasteiger partial charge in [-0.05, 0) is 278 Å². The van der Waals surface area contributed by atoms with Crippen LogP contribution in [-0.2, 0) is 0 Å². The Hall–Kier alpha value is -1.16. The van der Waals surface area contributed by atoms with Crippen molar-refractivity contribution in [3.63, 3.8) is 0 Å². The second kappa shape index (κ2) is 27.7. The molecule has 0 saturated heterocycles. The highest BCUT2D eigenvalue weighted by molar-refractivity contribution is 7.61. The molecule has 3 rings (SSSR count). The van der Waals surface area contributed by atoms with Crippen LogP contribution in [0, 0.1) is 0 Å². The molecule has 0 unspecified atom stereocenters. The molecule has 0 saturated carbocycles. The molecule has 0 aliphatic heterocycles. The molecule has 0 fully saturated rings. The molecular weight excluding hydrogens is 1120 g/mol. The first kappa shape index (κ1) is 73.1. The summed E-state index contributed by atoms with van der Waals surface area (Å²) in [5.74, 6) is 0. The number of nitrogens with zero attached hydrogens (tertiary/aromatic N) is 24. The molecule has 3 aromatic carbocycles. The number of fused-ring (bicyclic) bond motifs is 3. The summed E-state index contributed by atoms with van der Waals surface area (Å²) < 4.78 is 78.5. The molecule has 0 amide bonds. The van der Waals surface area contributed by atoms with Gasteiger partial charge in [0.25, 0.3) is 0 Å². The third kappa shape index (κ3) is 12.7. The Kier molecular flexibility index (Phi) is 25.3. The first-order valence-electron chi connectivity index (χ1n) is 26.6. The van der Waals surface area contributed by atoms with Crippen molar-refractivity contribution in [2.45, 2.75) is 0 Å². The third-order valence-corrected chi connectivity index (χ3v) is 36.6. The number of hydrogen-bond donors (Lipinski definition) is 0. The SMILES string of the molecule is CN(C)P(=Nc1ccc(N=P(N(C)C)(N(C)C)N(C)C)c2c1c(N=P(N(C)C)(N(C)C)N(C)C)c(N=P(N(C)C)(N(C)C)N(C)C)c1c(N=P(N(C)C)(N(C)C)N(C)C)ccc(N=P(N(C)C)(N(C)C)N(C)C)c12)(N(C)C)N(C)C. The minimum atomic E-state index is -2.86. The van der Waals surface area contributed by atoms with Crippen LogP contribution >= 0.6 is 45.0 Å². The lowest BCUT2D eigenvalue weighted by atomic mass is 9.94. The van der Waals surface area contributed by atoms with Gasteiger partial charge in [0.1, 0.15) is 11.4 Å². The maximum atomic E-state index is 6.42. The van der Waals surface area contributed by atoms with Crippen LogP contribution in [0.15, 0.2) is 52.7 Å². The highest BCUT2D eigenvalue weighted by Gasteiger charge is 2.39. The van der Waals surface area contributed by atoms with E-state index < -0.39 is 45.0 Å². The average Bonchev–Trinajstić information content (AvgIpc) is 3.30. The van der Waals surface area contributed by atoms with Crippen molar-refractivity contribution < 1.29 is 0 Å². The quantitative estimate of drug-likeness (QED) is 0.0622. The van der Waals surface area contributed by atoms with Gasteiger partial charge in [-0.3, -0.25) is 84.1 Å². The molecule has 0 aliphatic carbocycles. The molecule has 462 valence electrons. The van der Waals surface area contributed by atoms with Gasteiger partial charge in [0.2, 0.25) is 0 Å². The average molecular weight is 1240 g/mol. The van der Waals surface area contributed by atoms with Crippen LogP contribution < -0.4 is 0 Å².